The van der Waals surface area contributed by atoms with E-state index in [2.05, 4.69) is 10.6 Å². The van der Waals surface area contributed by atoms with Crippen LogP contribution in [0.4, 0.5) is 10.1 Å². The summed E-state index contributed by atoms with van der Waals surface area (Å²) in [5.41, 5.74) is 0.660. The molecule has 1 aromatic carbocycles. The Hall–Kier alpha value is -1.49. The second-order valence-electron chi connectivity index (χ2n) is 4.86. The molecule has 1 fully saturated rings. The van der Waals surface area contributed by atoms with Gasteiger partial charge in [-0.25, -0.2) is 4.39 Å². The van der Waals surface area contributed by atoms with Gasteiger partial charge in [-0.2, -0.15) is 0 Å². The fourth-order valence-corrected chi connectivity index (χ4v) is 2.58. The van der Waals surface area contributed by atoms with E-state index in [1.54, 1.807) is 12.1 Å². The van der Waals surface area contributed by atoms with Crippen LogP contribution in [0.5, 0.6) is 0 Å². The van der Waals surface area contributed by atoms with Gasteiger partial charge in [-0.15, -0.1) is 0 Å². The van der Waals surface area contributed by atoms with Crippen molar-refractivity contribution in [1.82, 2.24) is 5.32 Å². The number of halogens is 1. The van der Waals surface area contributed by atoms with Crippen LogP contribution < -0.4 is 10.6 Å². The number of anilines is 1. The lowest BCUT2D eigenvalue weighted by atomic mass is 10.0. The number of carbonyl (C=O) groups is 1. The van der Waals surface area contributed by atoms with Gasteiger partial charge in [0.15, 0.2) is 5.11 Å². The van der Waals surface area contributed by atoms with Crippen LogP contribution in [0.25, 0.3) is 0 Å². The molecule has 2 rings (SSSR count). The van der Waals surface area contributed by atoms with Gasteiger partial charge in [0.05, 0.1) is 0 Å². The summed E-state index contributed by atoms with van der Waals surface area (Å²) in [5.74, 6) is 0.141. The van der Waals surface area contributed by atoms with Gasteiger partial charge in [0.25, 0.3) is 0 Å². The fraction of sp³-hybridized carbons (Fsp3) is 0.429. The summed E-state index contributed by atoms with van der Waals surface area (Å²) in [7, 11) is 0. The zero-order valence-electron chi connectivity index (χ0n) is 10.6. The SMILES string of the molecule is O=C(CC1CCCC1)NC(=S)Nc1ccc(F)cc1. The molecule has 1 aliphatic rings. The molecule has 102 valence electrons. The Morgan fingerprint density at radius 1 is 1.26 bits per heavy atom. The third-order valence-electron chi connectivity index (χ3n) is 3.30. The summed E-state index contributed by atoms with van der Waals surface area (Å²) in [5, 5.41) is 5.77. The van der Waals surface area contributed by atoms with Gasteiger partial charge < -0.3 is 10.6 Å². The molecule has 0 bridgehead atoms. The van der Waals surface area contributed by atoms with Crippen molar-refractivity contribution in [3.05, 3.63) is 30.1 Å². The molecular weight excluding hydrogens is 263 g/mol. The number of amides is 1. The normalized spacial score (nSPS) is 15.2. The molecule has 0 radical (unpaired) electrons. The molecular formula is C14H17FN2OS. The van der Waals surface area contributed by atoms with E-state index in [1.165, 1.54) is 25.0 Å². The number of hydrogen-bond donors (Lipinski definition) is 2. The summed E-state index contributed by atoms with van der Waals surface area (Å²) >= 11 is 5.05. The molecule has 3 nitrogen and oxygen atoms in total. The number of nitrogens with one attached hydrogen (secondary N) is 2. The summed E-state index contributed by atoms with van der Waals surface area (Å²) in [6.45, 7) is 0. The van der Waals surface area contributed by atoms with E-state index >= 15 is 0 Å². The molecule has 1 amide bonds. The van der Waals surface area contributed by atoms with Gasteiger partial charge in [-0.3, -0.25) is 4.79 Å². The van der Waals surface area contributed by atoms with E-state index < -0.39 is 0 Å². The van der Waals surface area contributed by atoms with Crippen LogP contribution in [0, 0.1) is 11.7 Å². The molecule has 19 heavy (non-hydrogen) atoms. The Morgan fingerprint density at radius 2 is 1.89 bits per heavy atom. The Morgan fingerprint density at radius 3 is 2.53 bits per heavy atom. The van der Waals surface area contributed by atoms with Crippen molar-refractivity contribution in [2.24, 2.45) is 5.92 Å². The maximum Gasteiger partial charge on any atom is 0.226 e. The molecule has 1 saturated carbocycles. The lowest BCUT2D eigenvalue weighted by Crippen LogP contribution is -2.34. The first-order chi connectivity index (χ1) is 9.13. The first kappa shape index (κ1) is 13.9. The van der Waals surface area contributed by atoms with Crippen LogP contribution in [0.1, 0.15) is 32.1 Å². The minimum absolute atomic E-state index is 0.0495. The average molecular weight is 280 g/mol. The maximum atomic E-state index is 12.7. The third-order valence-corrected chi connectivity index (χ3v) is 3.51. The zero-order chi connectivity index (χ0) is 13.7. The minimum atomic E-state index is -0.304. The topological polar surface area (TPSA) is 41.1 Å². The highest BCUT2D eigenvalue weighted by Gasteiger charge is 2.18. The number of benzene rings is 1. The first-order valence-electron chi connectivity index (χ1n) is 6.50. The van der Waals surface area contributed by atoms with Crippen molar-refractivity contribution in [1.29, 1.82) is 0 Å². The van der Waals surface area contributed by atoms with Crippen LogP contribution in [-0.4, -0.2) is 11.0 Å². The van der Waals surface area contributed by atoms with Crippen molar-refractivity contribution in [2.75, 3.05) is 5.32 Å². The number of carbonyl (C=O) groups excluding carboxylic acids is 1. The highest BCUT2D eigenvalue weighted by molar-refractivity contribution is 7.80. The molecule has 0 spiro atoms. The van der Waals surface area contributed by atoms with E-state index in [0.29, 0.717) is 18.0 Å². The lowest BCUT2D eigenvalue weighted by molar-refractivity contribution is -0.120. The average Bonchev–Trinajstić information content (AvgIpc) is 2.84. The molecule has 1 aliphatic carbocycles. The van der Waals surface area contributed by atoms with Crippen LogP contribution in [0.15, 0.2) is 24.3 Å². The monoisotopic (exact) mass is 280 g/mol. The standard InChI is InChI=1S/C14H17FN2OS/c15-11-5-7-12(8-6-11)16-14(19)17-13(18)9-10-3-1-2-4-10/h5-8,10H,1-4,9H2,(H2,16,17,18,19). The van der Waals surface area contributed by atoms with E-state index in [4.69, 9.17) is 12.2 Å². The molecule has 2 N–H and O–H groups in total. The predicted molar refractivity (Wildman–Crippen MR) is 77.3 cm³/mol. The predicted octanol–water partition coefficient (Wildman–Crippen LogP) is 3.22. The van der Waals surface area contributed by atoms with Gasteiger partial charge in [0, 0.05) is 12.1 Å². The Labute approximate surface area is 117 Å². The van der Waals surface area contributed by atoms with Crippen LogP contribution in [0.3, 0.4) is 0 Å². The lowest BCUT2D eigenvalue weighted by Gasteiger charge is -2.11. The molecule has 1 aromatic rings. The molecule has 0 aliphatic heterocycles. The summed E-state index contributed by atoms with van der Waals surface area (Å²) < 4.78 is 12.7. The Kier molecular flexibility index (Phi) is 4.85. The van der Waals surface area contributed by atoms with Gasteiger partial charge in [-0.05, 0) is 55.2 Å². The second kappa shape index (κ2) is 6.61. The summed E-state index contributed by atoms with van der Waals surface area (Å²) in [6, 6.07) is 5.83. The summed E-state index contributed by atoms with van der Waals surface area (Å²) in [6.07, 6.45) is 5.23. The van der Waals surface area contributed by atoms with Crippen molar-refractivity contribution >= 4 is 28.9 Å². The fourth-order valence-electron chi connectivity index (χ4n) is 2.35. The van der Waals surface area contributed by atoms with Crippen molar-refractivity contribution in [3.8, 4) is 0 Å². The smallest absolute Gasteiger partial charge is 0.226 e. The van der Waals surface area contributed by atoms with Crippen molar-refractivity contribution in [3.63, 3.8) is 0 Å². The highest BCUT2D eigenvalue weighted by atomic mass is 32.1. The molecule has 5 heteroatoms. The van der Waals surface area contributed by atoms with E-state index in [-0.39, 0.29) is 16.8 Å². The number of thiocarbonyl (C=S) groups is 1. The minimum Gasteiger partial charge on any atom is -0.332 e. The Balaban J connectivity index is 1.77. The van der Waals surface area contributed by atoms with Crippen molar-refractivity contribution < 1.29 is 9.18 Å². The van der Waals surface area contributed by atoms with Crippen LogP contribution >= 0.6 is 12.2 Å². The van der Waals surface area contributed by atoms with E-state index in [0.717, 1.165) is 12.8 Å². The quantitative estimate of drug-likeness (QED) is 0.835. The number of rotatable bonds is 3. The molecule has 0 atom stereocenters. The van der Waals surface area contributed by atoms with Crippen molar-refractivity contribution in [2.45, 2.75) is 32.1 Å². The molecule has 0 heterocycles. The maximum absolute atomic E-state index is 12.7. The van der Waals surface area contributed by atoms with Gasteiger partial charge in [0.1, 0.15) is 5.82 Å². The molecule has 0 unspecified atom stereocenters. The summed E-state index contributed by atoms with van der Waals surface area (Å²) in [4.78, 5) is 11.8. The molecule has 0 saturated heterocycles. The van der Waals surface area contributed by atoms with E-state index in [9.17, 15) is 9.18 Å². The van der Waals surface area contributed by atoms with E-state index in [1.807, 2.05) is 0 Å². The van der Waals surface area contributed by atoms with Gasteiger partial charge in [-0.1, -0.05) is 12.8 Å². The van der Waals surface area contributed by atoms with Gasteiger partial charge in [0.2, 0.25) is 5.91 Å². The first-order valence-corrected chi connectivity index (χ1v) is 6.91. The third kappa shape index (κ3) is 4.59. The van der Waals surface area contributed by atoms with Crippen LogP contribution in [0.2, 0.25) is 0 Å². The second-order valence-corrected chi connectivity index (χ2v) is 5.27. The van der Waals surface area contributed by atoms with Gasteiger partial charge >= 0.3 is 0 Å². The Bertz CT molecular complexity index is 455. The molecule has 0 aromatic heterocycles. The van der Waals surface area contributed by atoms with Crippen LogP contribution in [-0.2, 0) is 4.79 Å². The number of hydrogen-bond acceptors (Lipinski definition) is 2. The zero-order valence-corrected chi connectivity index (χ0v) is 11.4. The largest absolute Gasteiger partial charge is 0.332 e. The highest BCUT2D eigenvalue weighted by Crippen LogP contribution is 2.27.